The summed E-state index contributed by atoms with van der Waals surface area (Å²) in [5, 5.41) is 8.27. The van der Waals surface area contributed by atoms with E-state index < -0.39 is 0 Å². The fourth-order valence-electron chi connectivity index (χ4n) is 2.45. The molecule has 0 unspecified atom stereocenters. The average molecular weight is 312 g/mol. The fraction of sp³-hybridized carbons (Fsp3) is 0.294. The van der Waals surface area contributed by atoms with Gasteiger partial charge in [-0.1, -0.05) is 17.3 Å². The number of aromatic nitrogens is 3. The lowest BCUT2D eigenvalue weighted by Crippen LogP contribution is -2.17. The summed E-state index contributed by atoms with van der Waals surface area (Å²) in [7, 11) is 3.88. The van der Waals surface area contributed by atoms with Crippen molar-refractivity contribution in [2.75, 3.05) is 18.6 Å². The normalized spacial score (nSPS) is 10.7. The zero-order chi connectivity index (χ0) is 16.2. The van der Waals surface area contributed by atoms with Gasteiger partial charge in [-0.2, -0.15) is 5.10 Å². The van der Waals surface area contributed by atoms with Gasteiger partial charge in [0.05, 0.1) is 25.0 Å². The van der Waals surface area contributed by atoms with Crippen LogP contribution in [-0.4, -0.2) is 28.6 Å². The van der Waals surface area contributed by atoms with Crippen molar-refractivity contribution in [3.63, 3.8) is 0 Å². The minimum Gasteiger partial charge on any atom is -0.492 e. The van der Waals surface area contributed by atoms with E-state index in [0.29, 0.717) is 13.2 Å². The third kappa shape index (κ3) is 3.36. The summed E-state index contributed by atoms with van der Waals surface area (Å²) in [5.41, 5.74) is 2.76. The Morgan fingerprint density at radius 1 is 1.30 bits per heavy atom. The Kier molecular flexibility index (Phi) is 4.32. The number of rotatable bonds is 6. The molecule has 0 aliphatic rings. The van der Waals surface area contributed by atoms with Gasteiger partial charge in [0.1, 0.15) is 11.4 Å². The highest BCUT2D eigenvalue weighted by Crippen LogP contribution is 2.28. The minimum atomic E-state index is 0.608. The molecule has 0 N–H and O–H groups in total. The molecule has 1 aromatic carbocycles. The lowest BCUT2D eigenvalue weighted by atomic mass is 10.2. The Morgan fingerprint density at radius 3 is 2.87 bits per heavy atom. The molecule has 0 fully saturated rings. The van der Waals surface area contributed by atoms with Crippen LogP contribution >= 0.6 is 0 Å². The van der Waals surface area contributed by atoms with E-state index in [0.717, 1.165) is 28.5 Å². The van der Waals surface area contributed by atoms with Crippen molar-refractivity contribution in [3.8, 4) is 17.0 Å². The molecule has 2 aromatic heterocycles. The predicted octanol–water partition coefficient (Wildman–Crippen LogP) is 3.11. The molecule has 0 spiro atoms. The summed E-state index contributed by atoms with van der Waals surface area (Å²) in [6.45, 7) is 3.23. The molecule has 6 nitrogen and oxygen atoms in total. The van der Waals surface area contributed by atoms with Crippen LogP contribution in [0.3, 0.4) is 0 Å². The van der Waals surface area contributed by atoms with Crippen molar-refractivity contribution in [1.82, 2.24) is 14.9 Å². The first kappa shape index (κ1) is 15.1. The van der Waals surface area contributed by atoms with Crippen molar-refractivity contribution >= 4 is 5.69 Å². The first-order valence-electron chi connectivity index (χ1n) is 7.55. The molecule has 2 heterocycles. The monoisotopic (exact) mass is 312 g/mol. The van der Waals surface area contributed by atoms with Crippen LogP contribution in [0.2, 0.25) is 0 Å². The SMILES string of the molecule is CCOc1ccccc1N(C)Cc1cc(-c2cnn(C)c2)no1. The number of hydrogen-bond donors (Lipinski definition) is 0. The van der Waals surface area contributed by atoms with Crippen molar-refractivity contribution < 1.29 is 9.26 Å². The second-order valence-corrected chi connectivity index (χ2v) is 5.34. The maximum Gasteiger partial charge on any atom is 0.156 e. The number of anilines is 1. The molecule has 6 heteroatoms. The van der Waals surface area contributed by atoms with E-state index >= 15 is 0 Å². The average Bonchev–Trinajstić information content (AvgIpc) is 3.17. The number of para-hydroxylation sites is 2. The van der Waals surface area contributed by atoms with E-state index in [1.54, 1.807) is 10.9 Å². The Morgan fingerprint density at radius 2 is 2.13 bits per heavy atom. The number of benzene rings is 1. The highest BCUT2D eigenvalue weighted by molar-refractivity contribution is 5.59. The molecule has 0 aliphatic heterocycles. The molecule has 120 valence electrons. The van der Waals surface area contributed by atoms with E-state index in [1.807, 2.05) is 57.5 Å². The van der Waals surface area contributed by atoms with Crippen LogP contribution in [0.5, 0.6) is 5.75 Å². The number of ether oxygens (including phenoxy) is 1. The Hall–Kier alpha value is -2.76. The molecular formula is C17H20N4O2. The van der Waals surface area contributed by atoms with Crippen molar-refractivity contribution in [2.24, 2.45) is 7.05 Å². The van der Waals surface area contributed by atoms with E-state index in [-0.39, 0.29) is 0 Å². The molecule has 0 radical (unpaired) electrons. The molecule has 3 rings (SSSR count). The Balaban J connectivity index is 1.76. The predicted molar refractivity (Wildman–Crippen MR) is 88.4 cm³/mol. The number of hydrogen-bond acceptors (Lipinski definition) is 5. The first-order valence-corrected chi connectivity index (χ1v) is 7.55. The van der Waals surface area contributed by atoms with E-state index in [4.69, 9.17) is 9.26 Å². The van der Waals surface area contributed by atoms with Crippen LogP contribution < -0.4 is 9.64 Å². The molecule has 0 atom stereocenters. The van der Waals surface area contributed by atoms with Crippen LogP contribution in [0.4, 0.5) is 5.69 Å². The topological polar surface area (TPSA) is 56.3 Å². The van der Waals surface area contributed by atoms with E-state index in [1.165, 1.54) is 0 Å². The van der Waals surface area contributed by atoms with Gasteiger partial charge in [0, 0.05) is 31.9 Å². The number of nitrogens with zero attached hydrogens (tertiary/aromatic N) is 4. The number of aryl methyl sites for hydroxylation is 1. The van der Waals surface area contributed by atoms with Crippen LogP contribution in [0.1, 0.15) is 12.7 Å². The van der Waals surface area contributed by atoms with Gasteiger partial charge in [0.15, 0.2) is 5.76 Å². The second kappa shape index (κ2) is 6.56. The van der Waals surface area contributed by atoms with Crippen molar-refractivity contribution in [3.05, 3.63) is 48.5 Å². The molecule has 0 aliphatic carbocycles. The molecule has 0 saturated heterocycles. The first-order chi connectivity index (χ1) is 11.2. The van der Waals surface area contributed by atoms with Crippen LogP contribution in [0.15, 0.2) is 47.2 Å². The lowest BCUT2D eigenvalue weighted by molar-refractivity contribution is 0.340. The zero-order valence-electron chi connectivity index (χ0n) is 13.6. The smallest absolute Gasteiger partial charge is 0.156 e. The highest BCUT2D eigenvalue weighted by Gasteiger charge is 2.13. The van der Waals surface area contributed by atoms with Crippen LogP contribution in [0, 0.1) is 0 Å². The highest BCUT2D eigenvalue weighted by atomic mass is 16.5. The largest absolute Gasteiger partial charge is 0.492 e. The van der Waals surface area contributed by atoms with Crippen LogP contribution in [-0.2, 0) is 13.6 Å². The quantitative estimate of drug-likeness (QED) is 0.700. The zero-order valence-corrected chi connectivity index (χ0v) is 13.6. The van der Waals surface area contributed by atoms with Crippen LogP contribution in [0.25, 0.3) is 11.3 Å². The molecule has 0 saturated carbocycles. The molecule has 23 heavy (non-hydrogen) atoms. The summed E-state index contributed by atoms with van der Waals surface area (Å²) in [4.78, 5) is 2.08. The maximum atomic E-state index is 5.67. The van der Waals surface area contributed by atoms with Gasteiger partial charge in [-0.05, 0) is 19.1 Å². The van der Waals surface area contributed by atoms with E-state index in [2.05, 4.69) is 15.2 Å². The summed E-state index contributed by atoms with van der Waals surface area (Å²) in [5.74, 6) is 1.65. The van der Waals surface area contributed by atoms with Gasteiger partial charge >= 0.3 is 0 Å². The summed E-state index contributed by atoms with van der Waals surface area (Å²) in [6.07, 6.45) is 3.69. The van der Waals surface area contributed by atoms with Gasteiger partial charge in [0.25, 0.3) is 0 Å². The lowest BCUT2D eigenvalue weighted by Gasteiger charge is -2.20. The van der Waals surface area contributed by atoms with Crippen molar-refractivity contribution in [1.29, 1.82) is 0 Å². The third-order valence-electron chi connectivity index (χ3n) is 3.53. The van der Waals surface area contributed by atoms with E-state index in [9.17, 15) is 0 Å². The minimum absolute atomic E-state index is 0.608. The molecule has 0 amide bonds. The summed E-state index contributed by atoms with van der Waals surface area (Å²) < 4.78 is 12.9. The fourth-order valence-corrected chi connectivity index (χ4v) is 2.45. The third-order valence-corrected chi connectivity index (χ3v) is 3.53. The van der Waals surface area contributed by atoms with Crippen molar-refractivity contribution in [2.45, 2.75) is 13.5 Å². The molecule has 3 aromatic rings. The van der Waals surface area contributed by atoms with Gasteiger partial charge < -0.3 is 14.2 Å². The molecular weight excluding hydrogens is 292 g/mol. The second-order valence-electron chi connectivity index (χ2n) is 5.34. The summed E-state index contributed by atoms with van der Waals surface area (Å²) in [6, 6.07) is 9.91. The van der Waals surface area contributed by atoms with Gasteiger partial charge in [-0.15, -0.1) is 0 Å². The maximum absolute atomic E-state index is 5.67. The Labute approximate surface area is 135 Å². The molecule has 0 bridgehead atoms. The summed E-state index contributed by atoms with van der Waals surface area (Å²) >= 11 is 0. The van der Waals surface area contributed by atoms with Gasteiger partial charge in [-0.3, -0.25) is 4.68 Å². The Bertz CT molecular complexity index is 778. The van der Waals surface area contributed by atoms with Gasteiger partial charge in [0.2, 0.25) is 0 Å². The standard InChI is InChI=1S/C17H20N4O2/c1-4-22-17-8-6-5-7-16(17)20(2)12-14-9-15(19-23-14)13-10-18-21(3)11-13/h5-11H,4,12H2,1-3H3. The van der Waals surface area contributed by atoms with Gasteiger partial charge in [-0.25, -0.2) is 0 Å².